The molecule has 34 heavy (non-hydrogen) atoms. The Morgan fingerprint density at radius 3 is 2.68 bits per heavy atom. The summed E-state index contributed by atoms with van der Waals surface area (Å²) in [5, 5.41) is 9.79. The van der Waals surface area contributed by atoms with Gasteiger partial charge >= 0.3 is 10.2 Å². The Morgan fingerprint density at radius 1 is 1.24 bits per heavy atom. The van der Waals surface area contributed by atoms with E-state index in [1.807, 2.05) is 0 Å². The zero-order chi connectivity index (χ0) is 24.1. The van der Waals surface area contributed by atoms with Crippen molar-refractivity contribution in [1.29, 1.82) is 5.26 Å². The van der Waals surface area contributed by atoms with E-state index >= 15 is 0 Å². The molecule has 1 N–H and O–H groups in total. The predicted octanol–water partition coefficient (Wildman–Crippen LogP) is 2.92. The van der Waals surface area contributed by atoms with Crippen LogP contribution in [0.15, 0.2) is 41.5 Å². The number of aryl methyl sites for hydroxylation is 1. The number of alkyl halides is 1. The van der Waals surface area contributed by atoms with Crippen LogP contribution in [0.4, 0.5) is 14.5 Å². The molecule has 176 valence electrons. The van der Waals surface area contributed by atoms with Gasteiger partial charge in [0.05, 0.1) is 29.5 Å². The van der Waals surface area contributed by atoms with E-state index in [1.165, 1.54) is 28.8 Å². The van der Waals surface area contributed by atoms with Gasteiger partial charge in [-0.3, -0.25) is 14.1 Å². The average molecular weight is 487 g/mol. The van der Waals surface area contributed by atoms with Gasteiger partial charge in [-0.15, -0.1) is 0 Å². The number of halogens is 2. The van der Waals surface area contributed by atoms with Gasteiger partial charge in [0.15, 0.2) is 11.6 Å². The summed E-state index contributed by atoms with van der Waals surface area (Å²) in [6.07, 6.45) is 3.23. The molecular weight excluding hydrogens is 468 g/mol. The fourth-order valence-corrected chi connectivity index (χ4v) is 5.46. The molecule has 2 fully saturated rings. The van der Waals surface area contributed by atoms with Crippen LogP contribution < -0.4 is 15.0 Å². The average Bonchev–Trinajstić information content (AvgIpc) is 3.59. The number of anilines is 1. The maximum Gasteiger partial charge on any atom is 0.301 e. The smallest absolute Gasteiger partial charge is 0.301 e. The molecule has 0 atom stereocenters. The van der Waals surface area contributed by atoms with E-state index in [9.17, 15) is 27.3 Å². The van der Waals surface area contributed by atoms with Gasteiger partial charge < -0.3 is 4.74 Å². The molecule has 1 aliphatic heterocycles. The van der Waals surface area contributed by atoms with E-state index in [0.29, 0.717) is 18.6 Å². The van der Waals surface area contributed by atoms with Crippen molar-refractivity contribution in [3.05, 3.63) is 58.4 Å². The summed E-state index contributed by atoms with van der Waals surface area (Å²) < 4.78 is 63.1. The number of nitriles is 1. The number of rotatable bonds is 7. The van der Waals surface area contributed by atoms with Crippen molar-refractivity contribution in [3.8, 4) is 17.6 Å². The first kappa shape index (κ1) is 22.2. The van der Waals surface area contributed by atoms with E-state index in [4.69, 9.17) is 4.74 Å². The van der Waals surface area contributed by atoms with Gasteiger partial charge in [-0.05, 0) is 48.6 Å². The Hall–Kier alpha value is -3.56. The molecule has 5 rings (SSSR count). The van der Waals surface area contributed by atoms with Gasteiger partial charge in [0, 0.05) is 13.1 Å². The van der Waals surface area contributed by atoms with E-state index in [1.54, 1.807) is 6.07 Å². The highest BCUT2D eigenvalue weighted by atomic mass is 32.2. The second-order valence-electron chi connectivity index (χ2n) is 8.50. The molecule has 0 bridgehead atoms. The summed E-state index contributed by atoms with van der Waals surface area (Å²) in [5.41, 5.74) is -0.538. The summed E-state index contributed by atoms with van der Waals surface area (Å²) >= 11 is 0. The largest absolute Gasteiger partial charge is 0.453 e. The van der Waals surface area contributed by atoms with Crippen LogP contribution in [0.25, 0.3) is 10.9 Å². The Balaban J connectivity index is 1.47. The van der Waals surface area contributed by atoms with Crippen LogP contribution in [-0.2, 0) is 16.8 Å². The monoisotopic (exact) mass is 487 g/mol. The lowest BCUT2D eigenvalue weighted by molar-refractivity contribution is 0.180. The van der Waals surface area contributed by atoms with E-state index in [2.05, 4.69) is 9.71 Å². The van der Waals surface area contributed by atoms with E-state index in [0.717, 1.165) is 29.5 Å². The lowest BCUT2D eigenvalue weighted by Gasteiger charge is -2.38. The van der Waals surface area contributed by atoms with Gasteiger partial charge in [0.2, 0.25) is 0 Å². The van der Waals surface area contributed by atoms with Crippen molar-refractivity contribution in [3.63, 3.8) is 0 Å². The fraction of sp³-hybridized carbons (Fsp3) is 0.318. The highest BCUT2D eigenvalue weighted by Crippen LogP contribution is 2.53. The van der Waals surface area contributed by atoms with E-state index < -0.39 is 34.0 Å². The number of benzene rings is 2. The predicted molar refractivity (Wildman–Crippen MR) is 119 cm³/mol. The highest BCUT2D eigenvalue weighted by molar-refractivity contribution is 7.90. The molecule has 0 unspecified atom stereocenters. The molecular formula is C22H19F2N5O4S. The third-order valence-corrected chi connectivity index (χ3v) is 7.54. The molecule has 2 aliphatic rings. The minimum atomic E-state index is -3.92. The maximum atomic E-state index is 14.7. The second kappa shape index (κ2) is 8.03. The molecule has 2 aromatic carbocycles. The summed E-state index contributed by atoms with van der Waals surface area (Å²) in [5.74, 6) is -1.35. The molecule has 0 radical (unpaired) electrons. The molecule has 9 nitrogen and oxygen atoms in total. The van der Waals surface area contributed by atoms with Crippen LogP contribution in [0.5, 0.6) is 11.5 Å². The van der Waals surface area contributed by atoms with Gasteiger partial charge in [-0.2, -0.15) is 18.0 Å². The third kappa shape index (κ3) is 3.86. The summed E-state index contributed by atoms with van der Waals surface area (Å²) in [6, 6.07) is 8.16. The van der Waals surface area contributed by atoms with Gasteiger partial charge in [0.25, 0.3) is 5.56 Å². The highest BCUT2D eigenvalue weighted by Gasteiger charge is 2.55. The minimum absolute atomic E-state index is 0.0261. The van der Waals surface area contributed by atoms with Gasteiger partial charge in [-0.25, -0.2) is 13.8 Å². The molecule has 1 saturated carbocycles. The zero-order valence-corrected chi connectivity index (χ0v) is 18.6. The van der Waals surface area contributed by atoms with Crippen molar-refractivity contribution in [2.45, 2.75) is 19.4 Å². The number of nitrogens with zero attached hydrogens (tertiary/aromatic N) is 4. The number of hydrogen-bond acceptors (Lipinski definition) is 6. The van der Waals surface area contributed by atoms with Crippen LogP contribution in [0.1, 0.15) is 18.4 Å². The number of nitrogens with one attached hydrogen (secondary N) is 1. The molecule has 1 aliphatic carbocycles. The number of ether oxygens (including phenoxy) is 1. The second-order valence-corrected chi connectivity index (χ2v) is 10.2. The third-order valence-electron chi connectivity index (χ3n) is 6.12. The van der Waals surface area contributed by atoms with Gasteiger partial charge in [-0.1, -0.05) is 0 Å². The first-order chi connectivity index (χ1) is 16.2. The first-order valence-electron chi connectivity index (χ1n) is 10.5. The van der Waals surface area contributed by atoms with Crippen LogP contribution in [-0.4, -0.2) is 42.0 Å². The fourth-order valence-electron chi connectivity index (χ4n) is 3.99. The summed E-state index contributed by atoms with van der Waals surface area (Å²) in [6.45, 7) is -0.0821. The molecule has 12 heteroatoms. The van der Waals surface area contributed by atoms with Crippen molar-refractivity contribution in [2.24, 2.45) is 5.41 Å². The van der Waals surface area contributed by atoms with Crippen LogP contribution in [0.3, 0.4) is 0 Å². The SMILES string of the molecule is N#Cc1c(NS(=O)(=O)N2CC3(CC3)C2)ccc(F)c1Oc1ccc2ncn(CCF)c(=O)c2c1. The van der Waals surface area contributed by atoms with Crippen molar-refractivity contribution in [2.75, 3.05) is 24.5 Å². The molecule has 3 aromatic rings. The number of hydrogen-bond donors (Lipinski definition) is 1. The van der Waals surface area contributed by atoms with Crippen molar-refractivity contribution in [1.82, 2.24) is 13.9 Å². The Bertz CT molecular complexity index is 1500. The lowest BCUT2D eigenvalue weighted by atomic mass is 10.0. The number of fused-ring (bicyclic) bond motifs is 1. The summed E-state index contributed by atoms with van der Waals surface area (Å²) in [7, 11) is -3.92. The van der Waals surface area contributed by atoms with Gasteiger partial charge in [0.1, 0.15) is 24.1 Å². The Kier molecular flexibility index (Phi) is 5.26. The quantitative estimate of drug-likeness (QED) is 0.548. The summed E-state index contributed by atoms with van der Waals surface area (Å²) in [4.78, 5) is 16.7. The maximum absolute atomic E-state index is 14.7. The molecule has 1 saturated heterocycles. The standard InChI is InChI=1S/C22H19F2N5O4S/c23-7-8-28-13-26-18-3-1-14(9-15(18)21(28)30)33-20-16(10-25)19(4-2-17(20)24)27-34(31,32)29-11-22(12-29)5-6-22/h1-4,9,13,27H,5-8,11-12H2. The van der Waals surface area contributed by atoms with Crippen LogP contribution in [0, 0.1) is 22.6 Å². The minimum Gasteiger partial charge on any atom is -0.453 e. The molecule has 0 amide bonds. The Labute approximate surface area is 193 Å². The number of aromatic nitrogens is 2. The zero-order valence-electron chi connectivity index (χ0n) is 17.8. The van der Waals surface area contributed by atoms with E-state index in [-0.39, 0.29) is 34.3 Å². The Morgan fingerprint density at radius 2 is 2.00 bits per heavy atom. The normalized spacial score (nSPS) is 16.7. The van der Waals surface area contributed by atoms with Crippen molar-refractivity contribution >= 4 is 26.8 Å². The molecule has 1 spiro atoms. The first-order valence-corrected chi connectivity index (χ1v) is 11.9. The topological polar surface area (TPSA) is 117 Å². The van der Waals surface area contributed by atoms with Crippen molar-refractivity contribution < 1.29 is 21.9 Å². The van der Waals surface area contributed by atoms with Crippen LogP contribution >= 0.6 is 0 Å². The lowest BCUT2D eigenvalue weighted by Crippen LogP contribution is -2.53. The molecule has 1 aromatic heterocycles. The molecule has 2 heterocycles. The van der Waals surface area contributed by atoms with Crippen LogP contribution in [0.2, 0.25) is 0 Å².